The molecule has 0 saturated carbocycles. The molecule has 0 fully saturated rings. The van der Waals surface area contributed by atoms with Crippen LogP contribution in [-0.2, 0) is 0 Å². The molecule has 0 spiro atoms. The third-order valence-corrected chi connectivity index (χ3v) is 3.19. The molecule has 2 N–H and O–H groups in total. The number of carbonyl (C=O) groups excluding carboxylic acids is 1. The van der Waals surface area contributed by atoms with Gasteiger partial charge in [0.25, 0.3) is 0 Å². The van der Waals surface area contributed by atoms with Crippen molar-refractivity contribution in [3.63, 3.8) is 0 Å². The van der Waals surface area contributed by atoms with Crippen LogP contribution in [0.2, 0.25) is 5.02 Å². The fraction of sp³-hybridized carbons (Fsp3) is 0.125. The molecular formula is C16H16ClN3O2. The predicted octanol–water partition coefficient (Wildman–Crippen LogP) is 3.89. The highest BCUT2D eigenvalue weighted by molar-refractivity contribution is 6.30. The molecule has 0 aliphatic rings. The Morgan fingerprint density at radius 2 is 1.73 bits per heavy atom. The van der Waals surface area contributed by atoms with Gasteiger partial charge in [0.15, 0.2) is 0 Å². The number of anilines is 1. The van der Waals surface area contributed by atoms with Crippen molar-refractivity contribution in [2.24, 2.45) is 5.10 Å². The van der Waals surface area contributed by atoms with E-state index in [1.165, 1.54) is 0 Å². The van der Waals surface area contributed by atoms with Gasteiger partial charge in [-0.25, -0.2) is 10.2 Å². The quantitative estimate of drug-likeness (QED) is 0.663. The first-order valence-electron chi connectivity index (χ1n) is 6.60. The number of hydrogen-bond acceptors (Lipinski definition) is 3. The number of methoxy groups -OCH3 is 1. The summed E-state index contributed by atoms with van der Waals surface area (Å²) < 4.78 is 5.09. The van der Waals surface area contributed by atoms with Gasteiger partial charge in [0.05, 0.1) is 12.8 Å². The normalized spacial score (nSPS) is 11.0. The molecule has 2 aromatic rings. The standard InChI is InChI=1S/C16H16ClN3O2/c1-11(12-3-9-15(22-2)10-4-12)19-20-16(21)18-14-7-5-13(17)6-8-14/h3-10H,1-2H3,(H2,18,20,21)/b19-11-. The van der Waals surface area contributed by atoms with Crippen LogP contribution in [0.25, 0.3) is 0 Å². The number of nitrogens with zero attached hydrogens (tertiary/aromatic N) is 1. The fourth-order valence-corrected chi connectivity index (χ4v) is 1.85. The molecule has 0 radical (unpaired) electrons. The molecule has 2 amide bonds. The summed E-state index contributed by atoms with van der Waals surface area (Å²) in [5, 5.41) is 7.32. The number of benzene rings is 2. The van der Waals surface area contributed by atoms with Crippen molar-refractivity contribution in [3.05, 3.63) is 59.1 Å². The topological polar surface area (TPSA) is 62.7 Å². The van der Waals surface area contributed by atoms with E-state index >= 15 is 0 Å². The number of hydrogen-bond donors (Lipinski definition) is 2. The molecule has 0 unspecified atom stereocenters. The molecule has 0 aliphatic carbocycles. The number of rotatable bonds is 4. The second kappa shape index (κ2) is 7.47. The van der Waals surface area contributed by atoms with Crippen LogP contribution in [0.1, 0.15) is 12.5 Å². The zero-order chi connectivity index (χ0) is 15.9. The van der Waals surface area contributed by atoms with E-state index in [1.54, 1.807) is 31.4 Å². The van der Waals surface area contributed by atoms with Crippen molar-refractivity contribution in [3.8, 4) is 5.75 Å². The van der Waals surface area contributed by atoms with Crippen molar-refractivity contribution in [1.82, 2.24) is 5.43 Å². The highest BCUT2D eigenvalue weighted by Crippen LogP contribution is 2.13. The number of nitrogens with one attached hydrogen (secondary N) is 2. The third kappa shape index (κ3) is 4.49. The molecule has 0 heterocycles. The molecule has 0 bridgehead atoms. The lowest BCUT2D eigenvalue weighted by Gasteiger charge is -2.06. The van der Waals surface area contributed by atoms with E-state index in [0.29, 0.717) is 16.4 Å². The van der Waals surface area contributed by atoms with Gasteiger partial charge in [-0.1, -0.05) is 11.6 Å². The minimum absolute atomic E-state index is 0.421. The first kappa shape index (κ1) is 15.9. The summed E-state index contributed by atoms with van der Waals surface area (Å²) >= 11 is 5.78. The summed E-state index contributed by atoms with van der Waals surface area (Å²) in [6.45, 7) is 1.81. The van der Waals surface area contributed by atoms with E-state index in [-0.39, 0.29) is 0 Å². The second-order valence-corrected chi connectivity index (χ2v) is 4.93. The van der Waals surface area contributed by atoms with E-state index < -0.39 is 6.03 Å². The van der Waals surface area contributed by atoms with Crippen LogP contribution in [-0.4, -0.2) is 18.9 Å². The molecule has 22 heavy (non-hydrogen) atoms. The van der Waals surface area contributed by atoms with Crippen LogP contribution >= 0.6 is 11.6 Å². The van der Waals surface area contributed by atoms with Crippen molar-refractivity contribution in [2.45, 2.75) is 6.92 Å². The number of amides is 2. The van der Waals surface area contributed by atoms with Crippen LogP contribution in [0.3, 0.4) is 0 Å². The SMILES string of the molecule is COc1ccc(/C(C)=N\NC(=O)Nc2ccc(Cl)cc2)cc1. The van der Waals surface area contributed by atoms with Crippen molar-refractivity contribution < 1.29 is 9.53 Å². The van der Waals surface area contributed by atoms with Crippen LogP contribution in [0.5, 0.6) is 5.75 Å². The van der Waals surface area contributed by atoms with E-state index in [0.717, 1.165) is 11.3 Å². The first-order chi connectivity index (χ1) is 10.6. The summed E-state index contributed by atoms with van der Waals surface area (Å²) in [6.07, 6.45) is 0. The van der Waals surface area contributed by atoms with Crippen molar-refractivity contribution in [1.29, 1.82) is 0 Å². The molecule has 114 valence electrons. The van der Waals surface area contributed by atoms with E-state index in [9.17, 15) is 4.79 Å². The van der Waals surface area contributed by atoms with Crippen LogP contribution in [0, 0.1) is 0 Å². The molecule has 0 aromatic heterocycles. The third-order valence-electron chi connectivity index (χ3n) is 2.94. The maximum atomic E-state index is 11.8. The Kier molecular flexibility index (Phi) is 5.38. The molecule has 0 atom stereocenters. The average Bonchev–Trinajstić information content (AvgIpc) is 2.55. The van der Waals surface area contributed by atoms with Gasteiger partial charge in [-0.3, -0.25) is 0 Å². The van der Waals surface area contributed by atoms with Gasteiger partial charge in [0.2, 0.25) is 0 Å². The summed E-state index contributed by atoms with van der Waals surface area (Å²) in [5.74, 6) is 0.769. The largest absolute Gasteiger partial charge is 0.497 e. The molecular weight excluding hydrogens is 302 g/mol. The Labute approximate surface area is 133 Å². The Bertz CT molecular complexity index is 667. The maximum absolute atomic E-state index is 11.8. The van der Waals surface area contributed by atoms with E-state index in [1.807, 2.05) is 31.2 Å². The summed E-state index contributed by atoms with van der Waals surface area (Å²) in [7, 11) is 1.61. The Balaban J connectivity index is 1.94. The van der Waals surface area contributed by atoms with Gasteiger partial charge in [-0.05, 0) is 61.0 Å². The van der Waals surface area contributed by atoms with Gasteiger partial charge in [-0.2, -0.15) is 5.10 Å². The molecule has 2 aromatic carbocycles. The van der Waals surface area contributed by atoms with Gasteiger partial charge in [0, 0.05) is 10.7 Å². The number of ether oxygens (including phenoxy) is 1. The highest BCUT2D eigenvalue weighted by Gasteiger charge is 2.02. The minimum Gasteiger partial charge on any atom is -0.497 e. The predicted molar refractivity (Wildman–Crippen MR) is 88.8 cm³/mol. The number of urea groups is 1. The Morgan fingerprint density at radius 3 is 2.32 bits per heavy atom. The van der Waals surface area contributed by atoms with Crippen molar-refractivity contribution in [2.75, 3.05) is 12.4 Å². The van der Waals surface area contributed by atoms with Gasteiger partial charge in [0.1, 0.15) is 5.75 Å². The van der Waals surface area contributed by atoms with Gasteiger partial charge >= 0.3 is 6.03 Å². The average molecular weight is 318 g/mol. The Hall–Kier alpha value is -2.53. The lowest BCUT2D eigenvalue weighted by Crippen LogP contribution is -2.25. The lowest BCUT2D eigenvalue weighted by atomic mass is 10.1. The summed E-state index contributed by atoms with van der Waals surface area (Å²) in [4.78, 5) is 11.8. The zero-order valence-electron chi connectivity index (χ0n) is 12.3. The number of halogens is 1. The second-order valence-electron chi connectivity index (χ2n) is 4.50. The molecule has 0 saturated heterocycles. The molecule has 0 aliphatic heterocycles. The minimum atomic E-state index is -0.421. The molecule has 5 nitrogen and oxygen atoms in total. The van der Waals surface area contributed by atoms with Crippen LogP contribution in [0.15, 0.2) is 53.6 Å². The monoisotopic (exact) mass is 317 g/mol. The smallest absolute Gasteiger partial charge is 0.339 e. The van der Waals surface area contributed by atoms with Crippen LogP contribution in [0.4, 0.5) is 10.5 Å². The Morgan fingerprint density at radius 1 is 1.09 bits per heavy atom. The van der Waals surface area contributed by atoms with E-state index in [4.69, 9.17) is 16.3 Å². The molecule has 6 heteroatoms. The maximum Gasteiger partial charge on any atom is 0.339 e. The number of hydrazone groups is 1. The fourth-order valence-electron chi connectivity index (χ4n) is 1.72. The molecule has 2 rings (SSSR count). The van der Waals surface area contributed by atoms with E-state index in [2.05, 4.69) is 15.8 Å². The summed E-state index contributed by atoms with van der Waals surface area (Å²) in [5.41, 5.74) is 4.67. The zero-order valence-corrected chi connectivity index (χ0v) is 13.0. The summed E-state index contributed by atoms with van der Waals surface area (Å²) in [6, 6.07) is 13.8. The highest BCUT2D eigenvalue weighted by atomic mass is 35.5. The number of carbonyl (C=O) groups is 1. The van der Waals surface area contributed by atoms with Gasteiger partial charge < -0.3 is 10.1 Å². The lowest BCUT2D eigenvalue weighted by molar-refractivity contribution is 0.252. The van der Waals surface area contributed by atoms with Gasteiger partial charge in [-0.15, -0.1) is 0 Å². The first-order valence-corrected chi connectivity index (χ1v) is 6.97. The van der Waals surface area contributed by atoms with Crippen molar-refractivity contribution >= 4 is 29.0 Å². The van der Waals surface area contributed by atoms with Crippen LogP contribution < -0.4 is 15.5 Å².